The molecule has 0 radical (unpaired) electrons. The number of nitro groups is 1. The van der Waals surface area contributed by atoms with Gasteiger partial charge in [0.25, 0.3) is 5.69 Å². The Hall–Kier alpha value is -2.06. The first-order chi connectivity index (χ1) is 9.54. The van der Waals surface area contributed by atoms with Crippen molar-refractivity contribution in [3.8, 4) is 18.1 Å². The van der Waals surface area contributed by atoms with Crippen molar-refractivity contribution < 1.29 is 9.66 Å². The fraction of sp³-hybridized carbons (Fsp3) is 0.467. The van der Waals surface area contributed by atoms with Gasteiger partial charge in [0.2, 0.25) is 0 Å². The lowest BCUT2D eigenvalue weighted by Gasteiger charge is -2.12. The zero-order valence-corrected chi connectivity index (χ0v) is 11.9. The van der Waals surface area contributed by atoms with Gasteiger partial charge >= 0.3 is 0 Å². The van der Waals surface area contributed by atoms with Crippen molar-refractivity contribution in [1.82, 2.24) is 5.32 Å². The van der Waals surface area contributed by atoms with Gasteiger partial charge in [-0.2, -0.15) is 0 Å². The van der Waals surface area contributed by atoms with Crippen molar-refractivity contribution in [2.24, 2.45) is 5.92 Å². The van der Waals surface area contributed by atoms with E-state index in [2.05, 4.69) is 25.1 Å². The molecule has 0 fully saturated rings. The minimum atomic E-state index is -0.406. The highest BCUT2D eigenvalue weighted by Crippen LogP contribution is 2.24. The van der Waals surface area contributed by atoms with Crippen LogP contribution in [0.2, 0.25) is 0 Å². The summed E-state index contributed by atoms with van der Waals surface area (Å²) in [6, 6.07) is 4.61. The van der Waals surface area contributed by atoms with Crippen LogP contribution >= 0.6 is 0 Å². The monoisotopic (exact) mass is 276 g/mol. The van der Waals surface area contributed by atoms with E-state index in [0.29, 0.717) is 31.2 Å². The van der Waals surface area contributed by atoms with Crippen LogP contribution < -0.4 is 10.1 Å². The highest BCUT2D eigenvalue weighted by molar-refractivity contribution is 5.43. The number of hydrogen-bond acceptors (Lipinski definition) is 4. The third kappa shape index (κ3) is 5.29. The van der Waals surface area contributed by atoms with Gasteiger partial charge in [-0.25, -0.2) is 0 Å². The molecule has 5 heteroatoms. The summed E-state index contributed by atoms with van der Waals surface area (Å²) in [4.78, 5) is 10.4. The summed E-state index contributed by atoms with van der Waals surface area (Å²) < 4.78 is 5.56. The summed E-state index contributed by atoms with van der Waals surface area (Å²) in [6.07, 6.45) is 5.69. The van der Waals surface area contributed by atoms with Gasteiger partial charge < -0.3 is 10.1 Å². The second-order valence-corrected chi connectivity index (χ2v) is 4.88. The lowest BCUT2D eigenvalue weighted by atomic mass is 10.1. The van der Waals surface area contributed by atoms with Crippen molar-refractivity contribution in [1.29, 1.82) is 0 Å². The molecular formula is C15H20N2O3. The average molecular weight is 276 g/mol. The average Bonchev–Trinajstić information content (AvgIpc) is 2.39. The predicted molar refractivity (Wildman–Crippen MR) is 78.6 cm³/mol. The molecule has 1 aromatic rings. The van der Waals surface area contributed by atoms with E-state index < -0.39 is 4.92 Å². The van der Waals surface area contributed by atoms with Crippen molar-refractivity contribution >= 4 is 5.69 Å². The molecule has 1 rings (SSSR count). The SMILES string of the molecule is C#CCCOc1ccc([N+](=O)[O-])cc1CNCC(C)C. The maximum atomic E-state index is 10.8. The molecule has 5 nitrogen and oxygen atoms in total. The van der Waals surface area contributed by atoms with Gasteiger partial charge in [0.05, 0.1) is 11.5 Å². The van der Waals surface area contributed by atoms with E-state index in [1.54, 1.807) is 12.1 Å². The molecule has 1 N–H and O–H groups in total. The van der Waals surface area contributed by atoms with Crippen LogP contribution in [0.4, 0.5) is 5.69 Å². The Labute approximate surface area is 119 Å². The fourth-order valence-corrected chi connectivity index (χ4v) is 1.67. The predicted octanol–water partition coefficient (Wildman–Crippen LogP) is 2.74. The Balaban J connectivity index is 2.80. The highest BCUT2D eigenvalue weighted by Gasteiger charge is 2.11. The summed E-state index contributed by atoms with van der Waals surface area (Å²) in [5.74, 6) is 3.65. The number of nitrogens with zero attached hydrogens (tertiary/aromatic N) is 1. The molecule has 0 bridgehead atoms. The van der Waals surface area contributed by atoms with E-state index in [9.17, 15) is 10.1 Å². The quantitative estimate of drug-likeness (QED) is 0.343. The Kier molecular flexibility index (Phi) is 6.54. The molecule has 20 heavy (non-hydrogen) atoms. The molecule has 0 saturated heterocycles. The smallest absolute Gasteiger partial charge is 0.270 e. The third-order valence-electron chi connectivity index (χ3n) is 2.63. The first-order valence-corrected chi connectivity index (χ1v) is 6.59. The van der Waals surface area contributed by atoms with E-state index in [1.807, 2.05) is 0 Å². The lowest BCUT2D eigenvalue weighted by Crippen LogP contribution is -2.19. The fourth-order valence-electron chi connectivity index (χ4n) is 1.67. The van der Waals surface area contributed by atoms with E-state index in [0.717, 1.165) is 12.1 Å². The Bertz CT molecular complexity index is 492. The van der Waals surface area contributed by atoms with Crippen molar-refractivity contribution in [2.45, 2.75) is 26.8 Å². The molecule has 0 amide bonds. The van der Waals surface area contributed by atoms with Gasteiger partial charge in [0.1, 0.15) is 5.75 Å². The third-order valence-corrected chi connectivity index (χ3v) is 2.63. The van der Waals surface area contributed by atoms with Crippen LogP contribution in [-0.4, -0.2) is 18.1 Å². The van der Waals surface area contributed by atoms with Crippen LogP contribution in [0.15, 0.2) is 18.2 Å². The number of benzene rings is 1. The van der Waals surface area contributed by atoms with E-state index in [4.69, 9.17) is 11.2 Å². The van der Waals surface area contributed by atoms with Crippen LogP contribution in [-0.2, 0) is 6.54 Å². The van der Waals surface area contributed by atoms with Crippen LogP contribution in [0, 0.1) is 28.4 Å². The minimum absolute atomic E-state index is 0.0654. The molecule has 0 saturated carbocycles. The summed E-state index contributed by atoms with van der Waals surface area (Å²) in [5, 5.41) is 14.1. The largest absolute Gasteiger partial charge is 0.492 e. The standard InChI is InChI=1S/C15H20N2O3/c1-4-5-8-20-15-7-6-14(17(18)19)9-13(15)11-16-10-12(2)3/h1,6-7,9,12,16H,5,8,10-11H2,2-3H3. The number of terminal acetylenes is 1. The van der Waals surface area contributed by atoms with Gasteiger partial charge in [-0.3, -0.25) is 10.1 Å². The molecule has 1 aromatic carbocycles. The minimum Gasteiger partial charge on any atom is -0.492 e. The number of rotatable bonds is 8. The van der Waals surface area contributed by atoms with Crippen LogP contribution in [0.1, 0.15) is 25.8 Å². The van der Waals surface area contributed by atoms with E-state index >= 15 is 0 Å². The maximum Gasteiger partial charge on any atom is 0.270 e. The maximum absolute atomic E-state index is 10.8. The number of hydrogen-bond donors (Lipinski definition) is 1. The lowest BCUT2D eigenvalue weighted by molar-refractivity contribution is -0.384. The summed E-state index contributed by atoms with van der Waals surface area (Å²) >= 11 is 0. The summed E-state index contributed by atoms with van der Waals surface area (Å²) in [6.45, 7) is 5.98. The topological polar surface area (TPSA) is 64.4 Å². The van der Waals surface area contributed by atoms with Gasteiger partial charge in [-0.1, -0.05) is 13.8 Å². The molecule has 108 valence electrons. The van der Waals surface area contributed by atoms with Crippen molar-refractivity contribution in [3.05, 3.63) is 33.9 Å². The van der Waals surface area contributed by atoms with Crippen LogP contribution in [0.3, 0.4) is 0 Å². The van der Waals surface area contributed by atoms with Gasteiger partial charge in [-0.15, -0.1) is 12.3 Å². The molecule has 0 unspecified atom stereocenters. The van der Waals surface area contributed by atoms with E-state index in [1.165, 1.54) is 6.07 Å². The van der Waals surface area contributed by atoms with Crippen LogP contribution in [0.5, 0.6) is 5.75 Å². The Morgan fingerprint density at radius 3 is 2.85 bits per heavy atom. The molecule has 0 aromatic heterocycles. The first-order valence-electron chi connectivity index (χ1n) is 6.59. The van der Waals surface area contributed by atoms with Crippen molar-refractivity contribution in [3.63, 3.8) is 0 Å². The molecule has 0 atom stereocenters. The number of nitro benzene ring substituents is 1. The Morgan fingerprint density at radius 2 is 2.25 bits per heavy atom. The summed E-state index contributed by atoms with van der Waals surface area (Å²) in [5.41, 5.74) is 0.840. The first kappa shape index (κ1) is 16.0. The highest BCUT2D eigenvalue weighted by atomic mass is 16.6. The van der Waals surface area contributed by atoms with Crippen LogP contribution in [0.25, 0.3) is 0 Å². The van der Waals surface area contributed by atoms with Gasteiger partial charge in [0.15, 0.2) is 0 Å². The molecule has 0 aliphatic rings. The molecule has 0 aliphatic carbocycles. The number of nitrogens with one attached hydrogen (secondary N) is 1. The molecular weight excluding hydrogens is 256 g/mol. The zero-order chi connectivity index (χ0) is 15.0. The summed E-state index contributed by atoms with van der Waals surface area (Å²) in [7, 11) is 0. The van der Waals surface area contributed by atoms with Gasteiger partial charge in [0, 0.05) is 30.7 Å². The molecule has 0 aliphatic heterocycles. The normalized spacial score (nSPS) is 10.3. The van der Waals surface area contributed by atoms with Crippen molar-refractivity contribution in [2.75, 3.05) is 13.2 Å². The molecule has 0 spiro atoms. The Morgan fingerprint density at radius 1 is 1.50 bits per heavy atom. The second kappa shape index (κ2) is 8.18. The number of ether oxygens (including phenoxy) is 1. The zero-order valence-electron chi connectivity index (χ0n) is 11.9. The molecule has 0 heterocycles. The van der Waals surface area contributed by atoms with E-state index in [-0.39, 0.29) is 5.69 Å². The number of non-ortho nitro benzene ring substituents is 1. The second-order valence-electron chi connectivity index (χ2n) is 4.88. The van der Waals surface area contributed by atoms with Gasteiger partial charge in [-0.05, 0) is 18.5 Å².